The van der Waals surface area contributed by atoms with Crippen molar-refractivity contribution in [3.8, 4) is 0 Å². The molecule has 1 saturated heterocycles. The Bertz CT molecular complexity index is 312. The van der Waals surface area contributed by atoms with E-state index < -0.39 is 0 Å². The monoisotopic (exact) mass is 307 g/mol. The standard InChI is InChI=1S/C20H37NO/c1-4-5-6-7-8-9-10-11-12-13-20(22)19-14-17(2)16-21-18(3)15-19/h4-5,17-19,21H,6-16H2,1-3H3. The van der Waals surface area contributed by atoms with Crippen molar-refractivity contribution >= 4 is 5.78 Å². The van der Waals surface area contributed by atoms with Gasteiger partial charge in [0.25, 0.3) is 0 Å². The number of Topliss-reactive ketones (excluding diaryl/α,β-unsaturated/α-hetero) is 1. The third kappa shape index (κ3) is 8.73. The average molecular weight is 308 g/mol. The zero-order valence-electron chi connectivity index (χ0n) is 15.1. The quantitative estimate of drug-likeness (QED) is 0.439. The molecule has 0 aromatic carbocycles. The normalized spacial score (nSPS) is 26.2. The highest BCUT2D eigenvalue weighted by Crippen LogP contribution is 2.24. The van der Waals surface area contributed by atoms with Gasteiger partial charge in [-0.15, -0.1) is 0 Å². The van der Waals surface area contributed by atoms with Gasteiger partial charge in [-0.3, -0.25) is 4.79 Å². The molecule has 128 valence electrons. The zero-order chi connectivity index (χ0) is 16.2. The highest BCUT2D eigenvalue weighted by molar-refractivity contribution is 5.81. The van der Waals surface area contributed by atoms with Crippen LogP contribution in [0.25, 0.3) is 0 Å². The molecule has 1 fully saturated rings. The molecule has 3 unspecified atom stereocenters. The molecule has 2 nitrogen and oxygen atoms in total. The van der Waals surface area contributed by atoms with Gasteiger partial charge in [0, 0.05) is 18.4 Å². The summed E-state index contributed by atoms with van der Waals surface area (Å²) in [6.07, 6.45) is 16.1. The van der Waals surface area contributed by atoms with Gasteiger partial charge in [0.2, 0.25) is 0 Å². The van der Waals surface area contributed by atoms with Gasteiger partial charge in [-0.25, -0.2) is 0 Å². The number of hydrogen-bond donors (Lipinski definition) is 1. The number of carbonyl (C=O) groups is 1. The van der Waals surface area contributed by atoms with E-state index in [4.69, 9.17) is 0 Å². The minimum absolute atomic E-state index is 0.306. The molecule has 22 heavy (non-hydrogen) atoms. The average Bonchev–Trinajstić information content (AvgIpc) is 2.67. The second-order valence-corrected chi connectivity index (χ2v) is 7.28. The number of rotatable bonds is 10. The Kier molecular flexibility index (Phi) is 10.5. The minimum atomic E-state index is 0.306. The summed E-state index contributed by atoms with van der Waals surface area (Å²) in [5, 5.41) is 3.53. The first kappa shape index (κ1) is 19.4. The molecule has 1 aliphatic rings. The summed E-state index contributed by atoms with van der Waals surface area (Å²) in [7, 11) is 0. The molecule has 1 heterocycles. The molecule has 0 saturated carbocycles. The Morgan fingerprint density at radius 2 is 1.73 bits per heavy atom. The SMILES string of the molecule is CC=CCCCCCCCCC(=O)C1CC(C)CNC(C)C1. The maximum atomic E-state index is 12.4. The van der Waals surface area contributed by atoms with Gasteiger partial charge in [-0.2, -0.15) is 0 Å². The molecule has 3 atom stereocenters. The predicted octanol–water partition coefficient (Wildman–Crippen LogP) is 5.28. The van der Waals surface area contributed by atoms with Crippen LogP contribution in [0.4, 0.5) is 0 Å². The van der Waals surface area contributed by atoms with Gasteiger partial charge in [0.15, 0.2) is 0 Å². The Balaban J connectivity index is 2.07. The first-order valence-electron chi connectivity index (χ1n) is 9.50. The number of carbonyl (C=O) groups excluding carboxylic acids is 1. The van der Waals surface area contributed by atoms with E-state index in [1.54, 1.807) is 0 Å². The van der Waals surface area contributed by atoms with Crippen molar-refractivity contribution in [1.82, 2.24) is 5.32 Å². The van der Waals surface area contributed by atoms with Gasteiger partial charge >= 0.3 is 0 Å². The molecule has 0 aromatic heterocycles. The Morgan fingerprint density at radius 1 is 1.05 bits per heavy atom. The van der Waals surface area contributed by atoms with Crippen molar-refractivity contribution in [2.75, 3.05) is 6.54 Å². The van der Waals surface area contributed by atoms with E-state index in [0.29, 0.717) is 23.7 Å². The maximum absolute atomic E-state index is 12.4. The van der Waals surface area contributed by atoms with Crippen molar-refractivity contribution in [3.63, 3.8) is 0 Å². The molecule has 1 rings (SSSR count). The van der Waals surface area contributed by atoms with Gasteiger partial charge < -0.3 is 5.32 Å². The topological polar surface area (TPSA) is 29.1 Å². The van der Waals surface area contributed by atoms with Crippen molar-refractivity contribution < 1.29 is 4.79 Å². The van der Waals surface area contributed by atoms with E-state index in [1.165, 1.54) is 38.5 Å². The van der Waals surface area contributed by atoms with E-state index in [1.807, 2.05) is 0 Å². The molecule has 1 aliphatic heterocycles. The number of hydrogen-bond acceptors (Lipinski definition) is 2. The summed E-state index contributed by atoms with van der Waals surface area (Å²) in [5.41, 5.74) is 0. The van der Waals surface area contributed by atoms with Crippen molar-refractivity contribution in [3.05, 3.63) is 12.2 Å². The van der Waals surface area contributed by atoms with Crippen molar-refractivity contribution in [1.29, 1.82) is 0 Å². The van der Waals surface area contributed by atoms with Crippen LogP contribution in [-0.4, -0.2) is 18.4 Å². The van der Waals surface area contributed by atoms with E-state index in [0.717, 1.165) is 32.2 Å². The van der Waals surface area contributed by atoms with Crippen molar-refractivity contribution in [2.45, 2.75) is 91.0 Å². The Hall–Kier alpha value is -0.630. The fourth-order valence-electron chi connectivity index (χ4n) is 3.48. The van der Waals surface area contributed by atoms with E-state index in [9.17, 15) is 4.79 Å². The summed E-state index contributed by atoms with van der Waals surface area (Å²) in [6.45, 7) is 7.63. The number of allylic oxidation sites excluding steroid dienone is 2. The molecule has 1 N–H and O–H groups in total. The fourth-order valence-corrected chi connectivity index (χ4v) is 3.48. The maximum Gasteiger partial charge on any atom is 0.136 e. The van der Waals surface area contributed by atoms with Crippen LogP contribution < -0.4 is 5.32 Å². The largest absolute Gasteiger partial charge is 0.314 e. The molecule has 0 bridgehead atoms. The third-order valence-electron chi connectivity index (χ3n) is 4.87. The minimum Gasteiger partial charge on any atom is -0.314 e. The zero-order valence-corrected chi connectivity index (χ0v) is 15.1. The first-order valence-corrected chi connectivity index (χ1v) is 9.50. The van der Waals surface area contributed by atoms with E-state index >= 15 is 0 Å². The lowest BCUT2D eigenvalue weighted by Gasteiger charge is -2.16. The van der Waals surface area contributed by atoms with Crippen LogP contribution >= 0.6 is 0 Å². The summed E-state index contributed by atoms with van der Waals surface area (Å²) >= 11 is 0. The molecule has 0 amide bonds. The highest BCUT2D eigenvalue weighted by atomic mass is 16.1. The molecule has 0 aliphatic carbocycles. The van der Waals surface area contributed by atoms with Crippen LogP contribution in [0.3, 0.4) is 0 Å². The molecular weight excluding hydrogens is 270 g/mol. The molecule has 0 radical (unpaired) electrons. The summed E-state index contributed by atoms with van der Waals surface area (Å²) in [4.78, 5) is 12.4. The van der Waals surface area contributed by atoms with Crippen LogP contribution in [0.15, 0.2) is 12.2 Å². The smallest absolute Gasteiger partial charge is 0.136 e. The highest BCUT2D eigenvalue weighted by Gasteiger charge is 2.25. The van der Waals surface area contributed by atoms with Gasteiger partial charge in [-0.05, 0) is 58.4 Å². The molecule has 0 spiro atoms. The lowest BCUT2D eigenvalue weighted by molar-refractivity contribution is -0.123. The van der Waals surface area contributed by atoms with Gasteiger partial charge in [0.1, 0.15) is 5.78 Å². The second kappa shape index (κ2) is 11.9. The second-order valence-electron chi connectivity index (χ2n) is 7.28. The number of unbranched alkanes of at least 4 members (excludes halogenated alkanes) is 6. The first-order chi connectivity index (χ1) is 10.6. The van der Waals surface area contributed by atoms with Crippen LogP contribution in [0.1, 0.15) is 85.0 Å². The summed E-state index contributed by atoms with van der Waals surface area (Å²) in [5.74, 6) is 1.47. The molecule has 0 aromatic rings. The molecule has 2 heteroatoms. The third-order valence-corrected chi connectivity index (χ3v) is 4.87. The van der Waals surface area contributed by atoms with Crippen LogP contribution in [-0.2, 0) is 4.79 Å². The lowest BCUT2D eigenvalue weighted by Crippen LogP contribution is -2.28. The number of nitrogens with one attached hydrogen (secondary N) is 1. The van der Waals surface area contributed by atoms with Crippen LogP contribution in [0.5, 0.6) is 0 Å². The van der Waals surface area contributed by atoms with Gasteiger partial charge in [0.05, 0.1) is 0 Å². The lowest BCUT2D eigenvalue weighted by atomic mass is 9.87. The van der Waals surface area contributed by atoms with Gasteiger partial charge in [-0.1, -0.05) is 44.8 Å². The van der Waals surface area contributed by atoms with E-state index in [-0.39, 0.29) is 0 Å². The Labute approximate surface area is 138 Å². The summed E-state index contributed by atoms with van der Waals surface area (Å²) < 4.78 is 0. The molecular formula is C20H37NO. The van der Waals surface area contributed by atoms with Crippen LogP contribution in [0, 0.1) is 11.8 Å². The van der Waals surface area contributed by atoms with Crippen LogP contribution in [0.2, 0.25) is 0 Å². The number of ketones is 1. The van der Waals surface area contributed by atoms with E-state index in [2.05, 4.69) is 38.2 Å². The predicted molar refractivity (Wildman–Crippen MR) is 96.1 cm³/mol. The Morgan fingerprint density at radius 3 is 2.45 bits per heavy atom. The fraction of sp³-hybridized carbons (Fsp3) is 0.850. The summed E-state index contributed by atoms with van der Waals surface area (Å²) in [6, 6.07) is 0.496. The van der Waals surface area contributed by atoms with Crippen molar-refractivity contribution in [2.24, 2.45) is 11.8 Å².